The van der Waals surface area contributed by atoms with Crippen LogP contribution in [0, 0.1) is 0 Å². The lowest BCUT2D eigenvalue weighted by Crippen LogP contribution is -2.30. The summed E-state index contributed by atoms with van der Waals surface area (Å²) in [5, 5.41) is 5.26. The molecule has 0 unspecified atom stereocenters. The Balaban J connectivity index is 2.36. The SMILES string of the molecule is COc1ccc(/C=C/C(=O)NCCCCNC(N)=O)cc1OC. The molecule has 0 fully saturated rings. The van der Waals surface area contributed by atoms with Crippen molar-refractivity contribution in [3.05, 3.63) is 29.8 Å². The fourth-order valence-electron chi connectivity index (χ4n) is 1.86. The molecule has 7 nitrogen and oxygen atoms in total. The monoisotopic (exact) mass is 321 g/mol. The van der Waals surface area contributed by atoms with Gasteiger partial charge in [-0.05, 0) is 36.6 Å². The Morgan fingerprint density at radius 2 is 1.74 bits per heavy atom. The number of primary amides is 1. The predicted molar refractivity (Wildman–Crippen MR) is 88.4 cm³/mol. The average Bonchev–Trinajstić information content (AvgIpc) is 2.55. The van der Waals surface area contributed by atoms with Gasteiger partial charge in [0.15, 0.2) is 11.5 Å². The van der Waals surface area contributed by atoms with Crippen molar-refractivity contribution in [3.63, 3.8) is 0 Å². The Kier molecular flexibility index (Phi) is 8.06. The Labute approximate surface area is 135 Å². The van der Waals surface area contributed by atoms with Crippen molar-refractivity contribution < 1.29 is 19.1 Å². The van der Waals surface area contributed by atoms with Crippen LogP contribution in [0.1, 0.15) is 18.4 Å². The number of rotatable bonds is 9. The Morgan fingerprint density at radius 3 is 2.35 bits per heavy atom. The normalized spacial score (nSPS) is 10.3. The molecule has 0 atom stereocenters. The van der Waals surface area contributed by atoms with Gasteiger partial charge in [0, 0.05) is 19.2 Å². The number of nitrogens with two attached hydrogens (primary N) is 1. The van der Waals surface area contributed by atoms with Gasteiger partial charge in [-0.25, -0.2) is 4.79 Å². The van der Waals surface area contributed by atoms with E-state index in [1.807, 2.05) is 6.07 Å². The maximum absolute atomic E-state index is 11.7. The van der Waals surface area contributed by atoms with Crippen LogP contribution in [-0.2, 0) is 4.79 Å². The van der Waals surface area contributed by atoms with E-state index in [1.165, 1.54) is 6.08 Å². The Bertz CT molecular complexity index is 558. The summed E-state index contributed by atoms with van der Waals surface area (Å²) >= 11 is 0. The van der Waals surface area contributed by atoms with Crippen LogP contribution in [0.25, 0.3) is 6.08 Å². The molecule has 0 radical (unpaired) electrons. The summed E-state index contributed by atoms with van der Waals surface area (Å²) in [5.41, 5.74) is 5.78. The molecule has 7 heteroatoms. The van der Waals surface area contributed by atoms with Crippen molar-refractivity contribution in [1.29, 1.82) is 0 Å². The van der Waals surface area contributed by atoms with Crippen LogP contribution in [0.5, 0.6) is 11.5 Å². The summed E-state index contributed by atoms with van der Waals surface area (Å²) in [6.45, 7) is 1.04. The zero-order chi connectivity index (χ0) is 17.1. The quantitative estimate of drug-likeness (QED) is 0.471. The van der Waals surface area contributed by atoms with Crippen molar-refractivity contribution in [2.75, 3.05) is 27.3 Å². The number of carbonyl (C=O) groups is 2. The van der Waals surface area contributed by atoms with Gasteiger partial charge in [-0.3, -0.25) is 4.79 Å². The van der Waals surface area contributed by atoms with E-state index in [4.69, 9.17) is 15.2 Å². The third-order valence-electron chi connectivity index (χ3n) is 3.04. The van der Waals surface area contributed by atoms with Crippen LogP contribution in [0.15, 0.2) is 24.3 Å². The van der Waals surface area contributed by atoms with E-state index in [0.29, 0.717) is 24.6 Å². The van der Waals surface area contributed by atoms with Gasteiger partial charge in [-0.15, -0.1) is 0 Å². The van der Waals surface area contributed by atoms with Gasteiger partial charge in [0.25, 0.3) is 0 Å². The first-order chi connectivity index (χ1) is 11.1. The summed E-state index contributed by atoms with van der Waals surface area (Å²) in [5.74, 6) is 1.07. The lowest BCUT2D eigenvalue weighted by molar-refractivity contribution is -0.116. The molecule has 3 amide bonds. The number of benzene rings is 1. The van der Waals surface area contributed by atoms with Gasteiger partial charge in [-0.1, -0.05) is 6.07 Å². The number of amides is 3. The fourth-order valence-corrected chi connectivity index (χ4v) is 1.86. The number of nitrogens with one attached hydrogen (secondary N) is 2. The highest BCUT2D eigenvalue weighted by molar-refractivity contribution is 5.91. The van der Waals surface area contributed by atoms with Gasteiger partial charge in [-0.2, -0.15) is 0 Å². The summed E-state index contributed by atoms with van der Waals surface area (Å²) in [6, 6.07) is 4.87. The van der Waals surface area contributed by atoms with Crippen LogP contribution >= 0.6 is 0 Å². The molecule has 0 aromatic heterocycles. The number of methoxy groups -OCH3 is 2. The number of unbranched alkanes of at least 4 members (excludes halogenated alkanes) is 1. The lowest BCUT2D eigenvalue weighted by Gasteiger charge is -2.07. The van der Waals surface area contributed by atoms with Crippen LogP contribution in [-0.4, -0.2) is 39.2 Å². The van der Waals surface area contributed by atoms with Crippen LogP contribution in [0.3, 0.4) is 0 Å². The topological polar surface area (TPSA) is 103 Å². The Hall–Kier alpha value is -2.70. The van der Waals surface area contributed by atoms with Crippen LogP contribution in [0.2, 0.25) is 0 Å². The minimum atomic E-state index is -0.535. The number of hydrogen-bond donors (Lipinski definition) is 3. The van der Waals surface area contributed by atoms with Crippen molar-refractivity contribution in [2.24, 2.45) is 5.73 Å². The molecule has 0 heterocycles. The van der Waals surface area contributed by atoms with E-state index in [9.17, 15) is 9.59 Å². The molecule has 126 valence electrons. The zero-order valence-corrected chi connectivity index (χ0v) is 13.4. The minimum Gasteiger partial charge on any atom is -0.493 e. The molecule has 0 saturated heterocycles. The molecular formula is C16H23N3O4. The predicted octanol–water partition coefficient (Wildman–Crippen LogP) is 1.28. The standard InChI is InChI=1S/C16H23N3O4/c1-22-13-7-5-12(11-14(13)23-2)6-8-15(20)18-9-3-4-10-19-16(17)21/h5-8,11H,3-4,9-10H2,1-2H3,(H,18,20)(H3,17,19,21)/b8-6+. The zero-order valence-electron chi connectivity index (χ0n) is 13.4. The highest BCUT2D eigenvalue weighted by Gasteiger charge is 2.03. The van der Waals surface area contributed by atoms with E-state index in [0.717, 1.165) is 18.4 Å². The van der Waals surface area contributed by atoms with Gasteiger partial charge < -0.3 is 25.8 Å². The fraction of sp³-hybridized carbons (Fsp3) is 0.375. The van der Waals surface area contributed by atoms with Crippen molar-refractivity contribution in [3.8, 4) is 11.5 Å². The first-order valence-corrected chi connectivity index (χ1v) is 7.28. The van der Waals surface area contributed by atoms with Gasteiger partial charge in [0.1, 0.15) is 0 Å². The van der Waals surface area contributed by atoms with Crippen molar-refractivity contribution in [1.82, 2.24) is 10.6 Å². The number of carbonyl (C=O) groups excluding carboxylic acids is 2. The third kappa shape index (κ3) is 7.21. The first kappa shape index (κ1) is 18.3. The average molecular weight is 321 g/mol. The molecule has 0 aliphatic rings. The molecule has 1 aromatic carbocycles. The van der Waals surface area contributed by atoms with Gasteiger partial charge in [0.05, 0.1) is 14.2 Å². The summed E-state index contributed by atoms with van der Waals surface area (Å²) in [7, 11) is 3.13. The number of hydrogen-bond acceptors (Lipinski definition) is 4. The molecule has 0 bridgehead atoms. The Morgan fingerprint density at radius 1 is 1.09 bits per heavy atom. The van der Waals surface area contributed by atoms with E-state index in [2.05, 4.69) is 10.6 Å². The molecule has 23 heavy (non-hydrogen) atoms. The van der Waals surface area contributed by atoms with E-state index >= 15 is 0 Å². The summed E-state index contributed by atoms with van der Waals surface area (Å²) in [4.78, 5) is 22.2. The number of urea groups is 1. The molecule has 1 aromatic rings. The van der Waals surface area contributed by atoms with E-state index in [-0.39, 0.29) is 5.91 Å². The smallest absolute Gasteiger partial charge is 0.312 e. The minimum absolute atomic E-state index is 0.178. The maximum atomic E-state index is 11.7. The van der Waals surface area contributed by atoms with Crippen molar-refractivity contribution >= 4 is 18.0 Å². The van der Waals surface area contributed by atoms with E-state index in [1.54, 1.807) is 32.4 Å². The maximum Gasteiger partial charge on any atom is 0.312 e. The molecular weight excluding hydrogens is 298 g/mol. The van der Waals surface area contributed by atoms with Gasteiger partial charge in [0.2, 0.25) is 5.91 Å². The third-order valence-corrected chi connectivity index (χ3v) is 3.04. The second-order valence-corrected chi connectivity index (χ2v) is 4.74. The summed E-state index contributed by atoms with van der Waals surface area (Å²) < 4.78 is 10.4. The summed E-state index contributed by atoms with van der Waals surface area (Å²) in [6.07, 6.45) is 4.67. The van der Waals surface area contributed by atoms with Crippen LogP contribution in [0.4, 0.5) is 4.79 Å². The molecule has 0 aliphatic heterocycles. The van der Waals surface area contributed by atoms with Crippen LogP contribution < -0.4 is 25.8 Å². The molecule has 0 saturated carbocycles. The van der Waals surface area contributed by atoms with Crippen molar-refractivity contribution in [2.45, 2.75) is 12.8 Å². The molecule has 0 spiro atoms. The largest absolute Gasteiger partial charge is 0.493 e. The highest BCUT2D eigenvalue weighted by atomic mass is 16.5. The molecule has 0 aliphatic carbocycles. The number of ether oxygens (including phenoxy) is 2. The highest BCUT2D eigenvalue weighted by Crippen LogP contribution is 2.27. The van der Waals surface area contributed by atoms with Gasteiger partial charge >= 0.3 is 6.03 Å². The second kappa shape index (κ2) is 10.1. The first-order valence-electron chi connectivity index (χ1n) is 7.28. The second-order valence-electron chi connectivity index (χ2n) is 4.74. The van der Waals surface area contributed by atoms with E-state index < -0.39 is 6.03 Å². The lowest BCUT2D eigenvalue weighted by atomic mass is 10.2. The molecule has 4 N–H and O–H groups in total. The molecule has 1 rings (SSSR count).